The van der Waals surface area contributed by atoms with Crippen LogP contribution in [0.25, 0.3) is 0 Å². The minimum absolute atomic E-state index is 0.230. The second-order valence-electron chi connectivity index (χ2n) is 7.54. The van der Waals surface area contributed by atoms with Gasteiger partial charge in [0.1, 0.15) is 5.56 Å². The van der Waals surface area contributed by atoms with E-state index in [9.17, 15) is 13.2 Å². The first-order valence-electron chi connectivity index (χ1n) is 9.80. The number of hydrogen-bond donors (Lipinski definition) is 1. The van der Waals surface area contributed by atoms with Gasteiger partial charge in [0.2, 0.25) is 15.9 Å². The van der Waals surface area contributed by atoms with E-state index in [1.165, 1.54) is 12.1 Å². The maximum Gasteiger partial charge on any atom is 0.261 e. The fourth-order valence-corrected chi connectivity index (χ4v) is 5.35. The number of sulfonamides is 1. The van der Waals surface area contributed by atoms with E-state index in [1.807, 2.05) is 6.92 Å². The smallest absolute Gasteiger partial charge is 0.261 e. The predicted octanol–water partition coefficient (Wildman–Crippen LogP) is 3.40. The van der Waals surface area contributed by atoms with E-state index in [0.717, 1.165) is 6.42 Å². The highest BCUT2D eigenvalue weighted by molar-refractivity contribution is 7.89. The molecule has 1 aliphatic rings. The van der Waals surface area contributed by atoms with Gasteiger partial charge in [0, 0.05) is 25.0 Å². The quantitative estimate of drug-likeness (QED) is 0.778. The Labute approximate surface area is 172 Å². The molecule has 2 aromatic rings. The lowest BCUT2D eigenvalue weighted by Crippen LogP contribution is -2.42. The SMILES string of the molecule is CCOc1ncccc1C(=O)Nc1ccc(S(=O)(=O)N2C[C@H](C)C[C@@H](C)C2)cc1. The Bertz CT molecular complexity index is 950. The van der Waals surface area contributed by atoms with Crippen molar-refractivity contribution < 1.29 is 17.9 Å². The molecule has 1 aromatic heterocycles. The van der Waals surface area contributed by atoms with Crippen LogP contribution in [0.2, 0.25) is 0 Å². The van der Waals surface area contributed by atoms with Crippen molar-refractivity contribution in [3.63, 3.8) is 0 Å². The molecule has 3 rings (SSSR count). The van der Waals surface area contributed by atoms with Crippen LogP contribution < -0.4 is 10.1 Å². The summed E-state index contributed by atoms with van der Waals surface area (Å²) in [6.45, 7) is 7.44. The number of nitrogens with zero attached hydrogens (tertiary/aromatic N) is 2. The maximum absolute atomic E-state index is 13.0. The number of carbonyl (C=O) groups excluding carboxylic acids is 1. The zero-order valence-corrected chi connectivity index (χ0v) is 17.8. The number of amides is 1. The Morgan fingerprint density at radius 1 is 1.17 bits per heavy atom. The molecule has 29 heavy (non-hydrogen) atoms. The van der Waals surface area contributed by atoms with Crippen LogP contribution in [0, 0.1) is 11.8 Å². The van der Waals surface area contributed by atoms with Crippen LogP contribution >= 0.6 is 0 Å². The van der Waals surface area contributed by atoms with E-state index in [0.29, 0.717) is 42.8 Å². The Kier molecular flexibility index (Phi) is 6.54. The van der Waals surface area contributed by atoms with Crippen molar-refractivity contribution in [1.29, 1.82) is 0 Å². The number of rotatable bonds is 6. The lowest BCUT2D eigenvalue weighted by atomic mass is 9.94. The number of pyridine rings is 1. The van der Waals surface area contributed by atoms with Gasteiger partial charge in [0.15, 0.2) is 0 Å². The van der Waals surface area contributed by atoms with Crippen LogP contribution in [0.5, 0.6) is 5.88 Å². The molecule has 1 saturated heterocycles. The zero-order chi connectivity index (χ0) is 21.0. The Hall–Kier alpha value is -2.45. The Morgan fingerprint density at radius 2 is 1.83 bits per heavy atom. The number of carbonyl (C=O) groups is 1. The Balaban J connectivity index is 1.74. The minimum Gasteiger partial charge on any atom is -0.477 e. The molecule has 0 aliphatic carbocycles. The van der Waals surface area contributed by atoms with Gasteiger partial charge in [0.25, 0.3) is 5.91 Å². The number of anilines is 1. The average molecular weight is 418 g/mol. The number of ether oxygens (including phenoxy) is 1. The van der Waals surface area contributed by atoms with Crippen molar-refractivity contribution >= 4 is 21.6 Å². The third-order valence-electron chi connectivity index (χ3n) is 4.88. The van der Waals surface area contributed by atoms with Crippen molar-refractivity contribution in [2.24, 2.45) is 11.8 Å². The van der Waals surface area contributed by atoms with E-state index in [2.05, 4.69) is 24.1 Å². The molecule has 0 unspecified atom stereocenters. The topological polar surface area (TPSA) is 88.6 Å². The summed E-state index contributed by atoms with van der Waals surface area (Å²) in [6, 6.07) is 9.54. The first-order valence-corrected chi connectivity index (χ1v) is 11.2. The summed E-state index contributed by atoms with van der Waals surface area (Å²) in [5, 5.41) is 2.76. The van der Waals surface area contributed by atoms with Crippen molar-refractivity contribution in [2.75, 3.05) is 25.0 Å². The van der Waals surface area contributed by atoms with Crippen LogP contribution in [-0.4, -0.2) is 43.3 Å². The van der Waals surface area contributed by atoms with Gasteiger partial charge in [-0.3, -0.25) is 4.79 Å². The fraction of sp³-hybridized carbons (Fsp3) is 0.429. The molecule has 0 radical (unpaired) electrons. The van der Waals surface area contributed by atoms with Crippen LogP contribution in [0.15, 0.2) is 47.5 Å². The molecule has 1 fully saturated rings. The van der Waals surface area contributed by atoms with Gasteiger partial charge < -0.3 is 10.1 Å². The summed E-state index contributed by atoms with van der Waals surface area (Å²) in [5.74, 6) is 0.577. The van der Waals surface area contributed by atoms with E-state index in [-0.39, 0.29) is 16.7 Å². The van der Waals surface area contributed by atoms with Crippen molar-refractivity contribution in [3.8, 4) is 5.88 Å². The van der Waals surface area contributed by atoms with Crippen molar-refractivity contribution in [2.45, 2.75) is 32.1 Å². The molecular weight excluding hydrogens is 390 g/mol. The summed E-state index contributed by atoms with van der Waals surface area (Å²) < 4.78 is 32.9. The molecule has 8 heteroatoms. The molecule has 156 valence electrons. The van der Waals surface area contributed by atoms with E-state index >= 15 is 0 Å². The summed E-state index contributed by atoms with van der Waals surface area (Å²) in [6.07, 6.45) is 2.60. The zero-order valence-electron chi connectivity index (χ0n) is 17.0. The van der Waals surface area contributed by atoms with Crippen LogP contribution in [0.3, 0.4) is 0 Å². The lowest BCUT2D eigenvalue weighted by Gasteiger charge is -2.34. The van der Waals surface area contributed by atoms with Gasteiger partial charge >= 0.3 is 0 Å². The van der Waals surface area contributed by atoms with E-state index in [1.54, 1.807) is 34.8 Å². The van der Waals surface area contributed by atoms with Gasteiger partial charge in [-0.2, -0.15) is 4.31 Å². The van der Waals surface area contributed by atoms with Gasteiger partial charge in [-0.25, -0.2) is 13.4 Å². The number of benzene rings is 1. The minimum atomic E-state index is -3.55. The molecule has 0 bridgehead atoms. The largest absolute Gasteiger partial charge is 0.477 e. The number of aromatic nitrogens is 1. The molecule has 1 aliphatic heterocycles. The Morgan fingerprint density at radius 3 is 2.45 bits per heavy atom. The first-order chi connectivity index (χ1) is 13.8. The second kappa shape index (κ2) is 8.92. The highest BCUT2D eigenvalue weighted by atomic mass is 32.2. The molecule has 0 spiro atoms. The molecule has 7 nitrogen and oxygen atoms in total. The number of hydrogen-bond acceptors (Lipinski definition) is 5. The lowest BCUT2D eigenvalue weighted by molar-refractivity contribution is 0.102. The molecule has 1 amide bonds. The number of piperidine rings is 1. The van der Waals surface area contributed by atoms with Crippen LogP contribution in [-0.2, 0) is 10.0 Å². The summed E-state index contributed by atoms with van der Waals surface area (Å²) >= 11 is 0. The van der Waals surface area contributed by atoms with Crippen molar-refractivity contribution in [3.05, 3.63) is 48.2 Å². The summed E-state index contributed by atoms with van der Waals surface area (Å²) in [7, 11) is -3.55. The van der Waals surface area contributed by atoms with Crippen molar-refractivity contribution in [1.82, 2.24) is 9.29 Å². The summed E-state index contributed by atoms with van der Waals surface area (Å²) in [5.41, 5.74) is 0.822. The molecule has 1 aromatic carbocycles. The molecule has 2 atom stereocenters. The highest BCUT2D eigenvalue weighted by Crippen LogP contribution is 2.27. The highest BCUT2D eigenvalue weighted by Gasteiger charge is 2.31. The van der Waals surface area contributed by atoms with Crippen LogP contribution in [0.1, 0.15) is 37.6 Å². The van der Waals surface area contributed by atoms with Crippen LogP contribution in [0.4, 0.5) is 5.69 Å². The van der Waals surface area contributed by atoms with Gasteiger partial charge in [-0.15, -0.1) is 0 Å². The molecule has 2 heterocycles. The standard InChI is InChI=1S/C21H27N3O4S/c1-4-28-21-19(6-5-11-22-21)20(25)23-17-7-9-18(10-8-17)29(26,27)24-13-15(2)12-16(3)14-24/h5-11,15-16H,4,12-14H2,1-3H3,(H,23,25)/t15-,16-/m1/s1. The fourth-order valence-electron chi connectivity index (χ4n) is 3.68. The summed E-state index contributed by atoms with van der Waals surface area (Å²) in [4.78, 5) is 16.9. The van der Waals surface area contributed by atoms with Gasteiger partial charge in [-0.1, -0.05) is 13.8 Å². The second-order valence-corrected chi connectivity index (χ2v) is 9.47. The van der Waals surface area contributed by atoms with Gasteiger partial charge in [-0.05, 0) is 61.6 Å². The van der Waals surface area contributed by atoms with E-state index in [4.69, 9.17) is 4.74 Å². The molecule has 1 N–H and O–H groups in total. The first kappa shape index (κ1) is 21.3. The molecule has 0 saturated carbocycles. The third kappa shape index (κ3) is 4.94. The van der Waals surface area contributed by atoms with E-state index < -0.39 is 10.0 Å². The normalized spacial score (nSPS) is 20.2. The maximum atomic E-state index is 13.0. The monoisotopic (exact) mass is 417 g/mol. The average Bonchev–Trinajstić information content (AvgIpc) is 2.68. The predicted molar refractivity (Wildman–Crippen MR) is 112 cm³/mol. The molecular formula is C21H27N3O4S. The van der Waals surface area contributed by atoms with Gasteiger partial charge in [0.05, 0.1) is 11.5 Å². The number of nitrogens with one attached hydrogen (secondary N) is 1. The third-order valence-corrected chi connectivity index (χ3v) is 6.73.